The summed E-state index contributed by atoms with van der Waals surface area (Å²) in [6, 6.07) is 10.0. The fourth-order valence-electron chi connectivity index (χ4n) is 4.95. The van der Waals surface area contributed by atoms with E-state index in [9.17, 15) is 10.1 Å². The molecule has 0 amide bonds. The van der Waals surface area contributed by atoms with E-state index in [4.69, 9.17) is 37.9 Å². The highest BCUT2D eigenvalue weighted by atomic mass is 16.6. The normalized spacial score (nSPS) is 12.4. The molecule has 3 rings (SSSR count). The number of methoxy groups -OCH3 is 4. The van der Waals surface area contributed by atoms with Crippen molar-refractivity contribution in [1.29, 1.82) is 0 Å². The van der Waals surface area contributed by atoms with Crippen molar-refractivity contribution in [1.82, 2.24) is 9.55 Å². The molecular formula is C33H47N3O10. The zero-order chi connectivity index (χ0) is 33.3. The maximum Gasteiger partial charge on any atom is 0.434 e. The number of nitro groups is 1. The lowest BCUT2D eigenvalue weighted by atomic mass is 9.85. The Morgan fingerprint density at radius 1 is 0.739 bits per heavy atom. The van der Waals surface area contributed by atoms with E-state index in [-0.39, 0.29) is 5.95 Å². The molecule has 254 valence electrons. The van der Waals surface area contributed by atoms with Gasteiger partial charge >= 0.3 is 5.95 Å². The van der Waals surface area contributed by atoms with Gasteiger partial charge in [0, 0.05) is 0 Å². The second kappa shape index (κ2) is 19.4. The molecule has 0 radical (unpaired) electrons. The van der Waals surface area contributed by atoms with E-state index in [1.165, 1.54) is 16.3 Å². The number of ether oxygens (including phenoxy) is 8. The summed E-state index contributed by atoms with van der Waals surface area (Å²) in [5, 5.41) is 10.9. The summed E-state index contributed by atoms with van der Waals surface area (Å²) in [6.45, 7) is 7.38. The molecule has 46 heavy (non-hydrogen) atoms. The van der Waals surface area contributed by atoms with Gasteiger partial charge in [-0.1, -0.05) is 31.0 Å². The number of benzene rings is 2. The Bertz CT molecular complexity index is 1350. The van der Waals surface area contributed by atoms with Gasteiger partial charge in [0.25, 0.3) is 0 Å². The number of imidazole rings is 1. The number of rotatable bonds is 23. The van der Waals surface area contributed by atoms with Crippen molar-refractivity contribution >= 4 is 5.95 Å². The highest BCUT2D eigenvalue weighted by molar-refractivity contribution is 5.56. The molecule has 13 nitrogen and oxygen atoms in total. The highest BCUT2D eigenvalue weighted by Crippen LogP contribution is 2.41. The van der Waals surface area contributed by atoms with Crippen LogP contribution in [-0.4, -0.2) is 89.2 Å². The number of nitrogens with zero attached hydrogens (tertiary/aromatic N) is 3. The summed E-state index contributed by atoms with van der Waals surface area (Å²) in [7, 11) is 6.53. The predicted molar refractivity (Wildman–Crippen MR) is 172 cm³/mol. The van der Waals surface area contributed by atoms with Crippen molar-refractivity contribution < 1.29 is 42.8 Å². The van der Waals surface area contributed by atoms with E-state index >= 15 is 0 Å². The minimum atomic E-state index is -0.523. The molecule has 0 aliphatic rings. The standard InChI is InChI=1S/C33H47N3O10/c1-24(21-26-7-9-28(39-3)30(23-26)41-5)25(2)22-27-8-10-29(40-4)32(31(27)42-6)46-20-19-45-18-17-44-16-15-43-14-13-35-12-11-34-33(35)36(37)38/h7-12,23-25H,13-22H2,1-6H3/t24-,25+/m1/s1. The lowest BCUT2D eigenvalue weighted by Gasteiger charge is -2.23. The van der Waals surface area contributed by atoms with Crippen molar-refractivity contribution in [2.75, 3.05) is 74.7 Å². The second-order valence-corrected chi connectivity index (χ2v) is 10.7. The van der Waals surface area contributed by atoms with Crippen LogP contribution in [0.25, 0.3) is 0 Å². The lowest BCUT2D eigenvalue weighted by molar-refractivity contribution is -0.396. The summed E-state index contributed by atoms with van der Waals surface area (Å²) in [4.78, 5) is 14.1. The third-order valence-electron chi connectivity index (χ3n) is 7.65. The molecular weight excluding hydrogens is 598 g/mol. The van der Waals surface area contributed by atoms with Gasteiger partial charge in [0.1, 0.15) is 19.0 Å². The minimum absolute atomic E-state index is 0.201. The summed E-state index contributed by atoms with van der Waals surface area (Å²) < 4.78 is 46.4. The molecule has 0 aliphatic carbocycles. The maximum absolute atomic E-state index is 10.9. The molecule has 0 saturated heterocycles. The quantitative estimate of drug-likeness (QED) is 0.0782. The topological polar surface area (TPSA) is 135 Å². The van der Waals surface area contributed by atoms with Gasteiger partial charge in [0.15, 0.2) is 23.0 Å². The lowest BCUT2D eigenvalue weighted by Crippen LogP contribution is -2.15. The van der Waals surface area contributed by atoms with Gasteiger partial charge in [-0.05, 0) is 58.9 Å². The molecule has 1 heterocycles. The largest absolute Gasteiger partial charge is 0.493 e. The Balaban J connectivity index is 1.39. The summed E-state index contributed by atoms with van der Waals surface area (Å²) in [5.41, 5.74) is 2.24. The summed E-state index contributed by atoms with van der Waals surface area (Å²) in [6.07, 6.45) is 4.65. The van der Waals surface area contributed by atoms with Crippen LogP contribution in [0.4, 0.5) is 5.95 Å². The van der Waals surface area contributed by atoms with Crippen LogP contribution < -0.4 is 23.7 Å². The molecule has 0 fully saturated rings. The fourth-order valence-corrected chi connectivity index (χ4v) is 4.95. The number of aromatic nitrogens is 2. The second-order valence-electron chi connectivity index (χ2n) is 10.7. The van der Waals surface area contributed by atoms with Crippen LogP contribution in [0, 0.1) is 22.0 Å². The molecule has 0 spiro atoms. The molecule has 0 unspecified atom stereocenters. The van der Waals surface area contributed by atoms with Crippen LogP contribution in [0.3, 0.4) is 0 Å². The Hall–Kier alpha value is -4.07. The monoisotopic (exact) mass is 645 g/mol. The van der Waals surface area contributed by atoms with Gasteiger partial charge in [-0.3, -0.25) is 0 Å². The van der Waals surface area contributed by atoms with Gasteiger partial charge < -0.3 is 48.0 Å². The van der Waals surface area contributed by atoms with E-state index in [0.717, 1.165) is 29.9 Å². The Morgan fingerprint density at radius 2 is 1.35 bits per heavy atom. The smallest absolute Gasteiger partial charge is 0.434 e. The molecule has 1 aromatic heterocycles. The van der Waals surface area contributed by atoms with Gasteiger partial charge in [-0.15, -0.1) is 0 Å². The molecule has 0 bridgehead atoms. The van der Waals surface area contributed by atoms with Gasteiger partial charge in [0.05, 0.1) is 74.6 Å². The Morgan fingerprint density at radius 3 is 1.98 bits per heavy atom. The SMILES string of the molecule is COc1ccc(C[C@@H](C)[C@@H](C)Cc2ccc(OC)c(OCCOCCOCCOCCn3ccnc3[N+](=O)[O-])c2OC)cc1OC. The highest BCUT2D eigenvalue weighted by Gasteiger charge is 2.21. The van der Waals surface area contributed by atoms with Crippen molar-refractivity contribution in [2.24, 2.45) is 11.8 Å². The average Bonchev–Trinajstić information content (AvgIpc) is 3.54. The van der Waals surface area contributed by atoms with Gasteiger partial charge in [-0.25, -0.2) is 4.57 Å². The van der Waals surface area contributed by atoms with Crippen LogP contribution in [0.5, 0.6) is 28.7 Å². The van der Waals surface area contributed by atoms with Crippen LogP contribution in [0.2, 0.25) is 0 Å². The first-order valence-corrected chi connectivity index (χ1v) is 15.3. The van der Waals surface area contributed by atoms with E-state index in [2.05, 4.69) is 24.9 Å². The fraction of sp³-hybridized carbons (Fsp3) is 0.545. The van der Waals surface area contributed by atoms with Crippen molar-refractivity contribution in [3.05, 3.63) is 64.0 Å². The van der Waals surface area contributed by atoms with Crippen molar-refractivity contribution in [3.8, 4) is 28.7 Å². The van der Waals surface area contributed by atoms with Crippen LogP contribution in [0.1, 0.15) is 25.0 Å². The maximum atomic E-state index is 10.9. The summed E-state index contributed by atoms with van der Waals surface area (Å²) in [5.74, 6) is 3.81. The first kappa shape index (κ1) is 36.4. The Kier molecular flexibility index (Phi) is 15.4. The molecule has 0 saturated carbocycles. The van der Waals surface area contributed by atoms with E-state index in [0.29, 0.717) is 81.9 Å². The van der Waals surface area contributed by atoms with Crippen molar-refractivity contribution in [2.45, 2.75) is 33.2 Å². The van der Waals surface area contributed by atoms with Crippen LogP contribution in [-0.2, 0) is 33.6 Å². The average molecular weight is 646 g/mol. The predicted octanol–water partition coefficient (Wildman–Crippen LogP) is 5.01. The molecule has 3 aromatic rings. The molecule has 2 aromatic carbocycles. The first-order chi connectivity index (χ1) is 22.3. The third kappa shape index (κ3) is 10.8. The van der Waals surface area contributed by atoms with Crippen LogP contribution in [0.15, 0.2) is 42.7 Å². The number of hydrogen-bond donors (Lipinski definition) is 0. The zero-order valence-corrected chi connectivity index (χ0v) is 27.7. The van der Waals surface area contributed by atoms with Crippen molar-refractivity contribution in [3.63, 3.8) is 0 Å². The number of hydrogen-bond acceptors (Lipinski definition) is 11. The van der Waals surface area contributed by atoms with Gasteiger partial charge in [-0.2, -0.15) is 0 Å². The van der Waals surface area contributed by atoms with E-state index in [1.807, 2.05) is 24.3 Å². The zero-order valence-electron chi connectivity index (χ0n) is 27.7. The molecule has 2 atom stereocenters. The van der Waals surface area contributed by atoms with E-state index in [1.54, 1.807) is 34.6 Å². The molecule has 0 N–H and O–H groups in total. The van der Waals surface area contributed by atoms with Gasteiger partial charge in [0.2, 0.25) is 5.75 Å². The summed E-state index contributed by atoms with van der Waals surface area (Å²) >= 11 is 0. The Labute approximate surface area is 270 Å². The minimum Gasteiger partial charge on any atom is -0.493 e. The molecule has 13 heteroatoms. The first-order valence-electron chi connectivity index (χ1n) is 15.3. The third-order valence-corrected chi connectivity index (χ3v) is 7.65. The molecule has 0 aliphatic heterocycles. The van der Waals surface area contributed by atoms with Crippen LogP contribution >= 0.6 is 0 Å². The van der Waals surface area contributed by atoms with E-state index < -0.39 is 4.92 Å².